The van der Waals surface area contributed by atoms with Crippen LogP contribution in [0.4, 0.5) is 5.69 Å². The number of anilines is 1. The molecule has 1 heterocycles. The van der Waals surface area contributed by atoms with Crippen molar-refractivity contribution in [2.45, 2.75) is 18.4 Å². The van der Waals surface area contributed by atoms with Crippen LogP contribution in [-0.4, -0.2) is 19.3 Å². The third kappa shape index (κ3) is 4.92. The molecule has 0 bridgehead atoms. The number of nitrogens with zero attached hydrogens (tertiary/aromatic N) is 1. The second-order valence-electron chi connectivity index (χ2n) is 5.95. The Balaban J connectivity index is 1.63. The van der Waals surface area contributed by atoms with Gasteiger partial charge in [-0.15, -0.1) is 0 Å². The first-order chi connectivity index (χ1) is 12.9. The van der Waals surface area contributed by atoms with Gasteiger partial charge in [0.25, 0.3) is 15.9 Å². The Morgan fingerprint density at radius 1 is 0.926 bits per heavy atom. The summed E-state index contributed by atoms with van der Waals surface area (Å²) in [5, 5.41) is 2.80. The lowest BCUT2D eigenvalue weighted by molar-refractivity contribution is 0.0950. The molecule has 0 spiro atoms. The first-order valence-electron chi connectivity index (χ1n) is 8.33. The zero-order chi connectivity index (χ0) is 19.3. The number of rotatable bonds is 6. The van der Waals surface area contributed by atoms with Crippen LogP contribution in [0.5, 0.6) is 0 Å². The number of pyridine rings is 1. The topological polar surface area (TPSA) is 88.2 Å². The molecule has 6 nitrogen and oxygen atoms in total. The summed E-state index contributed by atoms with van der Waals surface area (Å²) in [5.74, 6) is -0.254. The zero-order valence-electron chi connectivity index (χ0n) is 14.7. The van der Waals surface area contributed by atoms with Crippen LogP contribution in [0.25, 0.3) is 0 Å². The van der Waals surface area contributed by atoms with E-state index in [4.69, 9.17) is 0 Å². The Bertz CT molecular complexity index is 1030. The molecule has 0 aliphatic heterocycles. The fraction of sp³-hybridized carbons (Fsp3) is 0.100. The minimum Gasteiger partial charge on any atom is -0.346 e. The van der Waals surface area contributed by atoms with Crippen molar-refractivity contribution in [1.29, 1.82) is 0 Å². The maximum absolute atomic E-state index is 12.3. The van der Waals surface area contributed by atoms with Gasteiger partial charge >= 0.3 is 0 Å². The average Bonchev–Trinajstić information content (AvgIpc) is 2.67. The van der Waals surface area contributed by atoms with Crippen LogP contribution < -0.4 is 10.0 Å². The van der Waals surface area contributed by atoms with Gasteiger partial charge in [-0.3, -0.25) is 14.5 Å². The Labute approximate surface area is 158 Å². The number of nitrogens with one attached hydrogen (secondary N) is 2. The van der Waals surface area contributed by atoms with E-state index in [0.29, 0.717) is 17.8 Å². The molecule has 0 saturated heterocycles. The van der Waals surface area contributed by atoms with Crippen LogP contribution in [0.3, 0.4) is 0 Å². The van der Waals surface area contributed by atoms with E-state index in [1.54, 1.807) is 42.5 Å². The monoisotopic (exact) mass is 381 g/mol. The molecule has 1 aromatic heterocycles. The summed E-state index contributed by atoms with van der Waals surface area (Å²) in [6, 6.07) is 20.0. The largest absolute Gasteiger partial charge is 0.346 e. The number of benzene rings is 2. The minimum atomic E-state index is -3.66. The van der Waals surface area contributed by atoms with Gasteiger partial charge in [0, 0.05) is 16.9 Å². The Morgan fingerprint density at radius 3 is 2.30 bits per heavy atom. The molecule has 3 aromatic rings. The van der Waals surface area contributed by atoms with Crippen LogP contribution in [0.15, 0.2) is 77.7 Å². The Kier molecular flexibility index (Phi) is 5.52. The van der Waals surface area contributed by atoms with Crippen LogP contribution in [-0.2, 0) is 16.6 Å². The third-order valence-electron chi connectivity index (χ3n) is 3.83. The number of hydrogen-bond donors (Lipinski definition) is 2. The summed E-state index contributed by atoms with van der Waals surface area (Å²) in [6.07, 6.45) is 0. The summed E-state index contributed by atoms with van der Waals surface area (Å²) in [4.78, 5) is 16.8. The molecule has 0 atom stereocenters. The van der Waals surface area contributed by atoms with Crippen molar-refractivity contribution in [3.05, 3.63) is 89.7 Å². The summed E-state index contributed by atoms with van der Waals surface area (Å²) in [6.45, 7) is 2.21. The number of carbonyl (C=O) groups excluding carboxylic acids is 1. The van der Waals surface area contributed by atoms with E-state index in [1.807, 2.05) is 25.1 Å². The SMILES string of the molecule is Cc1cccc(CNC(=O)c2ccc(NS(=O)(=O)c3ccccc3)cc2)n1. The molecule has 138 valence electrons. The molecule has 7 heteroatoms. The smallest absolute Gasteiger partial charge is 0.261 e. The first-order valence-corrected chi connectivity index (χ1v) is 9.81. The number of hydrogen-bond acceptors (Lipinski definition) is 4. The summed E-state index contributed by atoms with van der Waals surface area (Å²) < 4.78 is 27.1. The normalized spacial score (nSPS) is 11.0. The van der Waals surface area contributed by atoms with Gasteiger partial charge in [0.05, 0.1) is 17.1 Å². The highest BCUT2D eigenvalue weighted by molar-refractivity contribution is 7.92. The van der Waals surface area contributed by atoms with Gasteiger partial charge in [-0.2, -0.15) is 0 Å². The van der Waals surface area contributed by atoms with E-state index in [-0.39, 0.29) is 10.8 Å². The van der Waals surface area contributed by atoms with Gasteiger partial charge in [-0.05, 0) is 55.5 Å². The van der Waals surface area contributed by atoms with E-state index in [2.05, 4.69) is 15.0 Å². The second-order valence-corrected chi connectivity index (χ2v) is 7.63. The standard InChI is InChI=1S/C20H19N3O3S/c1-15-6-5-7-18(22-15)14-21-20(24)16-10-12-17(13-11-16)23-27(25,26)19-8-3-2-4-9-19/h2-13,23H,14H2,1H3,(H,21,24). The fourth-order valence-corrected chi connectivity index (χ4v) is 3.55. The van der Waals surface area contributed by atoms with Crippen molar-refractivity contribution in [2.24, 2.45) is 0 Å². The van der Waals surface area contributed by atoms with Gasteiger partial charge < -0.3 is 5.32 Å². The van der Waals surface area contributed by atoms with Crippen LogP contribution >= 0.6 is 0 Å². The second kappa shape index (κ2) is 8.01. The average molecular weight is 381 g/mol. The van der Waals surface area contributed by atoms with Gasteiger partial charge in [0.2, 0.25) is 0 Å². The summed E-state index contributed by atoms with van der Waals surface area (Å²) >= 11 is 0. The molecule has 0 saturated carbocycles. The zero-order valence-corrected chi connectivity index (χ0v) is 15.5. The molecule has 27 heavy (non-hydrogen) atoms. The summed E-state index contributed by atoms with van der Waals surface area (Å²) in [7, 11) is -3.66. The van der Waals surface area contributed by atoms with Crippen molar-refractivity contribution >= 4 is 21.6 Å². The molecule has 0 unspecified atom stereocenters. The number of amides is 1. The number of aromatic nitrogens is 1. The molecule has 2 N–H and O–H groups in total. The molecule has 3 rings (SSSR count). The predicted octanol–water partition coefficient (Wildman–Crippen LogP) is 3.12. The van der Waals surface area contributed by atoms with E-state index < -0.39 is 10.0 Å². The molecule has 2 aromatic carbocycles. The van der Waals surface area contributed by atoms with Crippen molar-refractivity contribution in [3.63, 3.8) is 0 Å². The van der Waals surface area contributed by atoms with Crippen LogP contribution in [0.1, 0.15) is 21.7 Å². The van der Waals surface area contributed by atoms with Crippen molar-refractivity contribution in [3.8, 4) is 0 Å². The summed E-state index contributed by atoms with van der Waals surface area (Å²) in [5.41, 5.74) is 2.48. The van der Waals surface area contributed by atoms with Crippen LogP contribution in [0, 0.1) is 6.92 Å². The van der Waals surface area contributed by atoms with Crippen molar-refractivity contribution in [2.75, 3.05) is 4.72 Å². The number of sulfonamides is 1. The van der Waals surface area contributed by atoms with Crippen molar-refractivity contribution < 1.29 is 13.2 Å². The predicted molar refractivity (Wildman–Crippen MR) is 104 cm³/mol. The van der Waals surface area contributed by atoms with Gasteiger partial charge in [-0.25, -0.2) is 8.42 Å². The third-order valence-corrected chi connectivity index (χ3v) is 5.23. The Morgan fingerprint density at radius 2 is 1.63 bits per heavy atom. The van der Waals surface area contributed by atoms with Gasteiger partial charge in [0.1, 0.15) is 0 Å². The molecule has 0 aliphatic rings. The van der Waals surface area contributed by atoms with Crippen molar-refractivity contribution in [1.82, 2.24) is 10.3 Å². The molecule has 0 aliphatic carbocycles. The highest BCUT2D eigenvalue weighted by Crippen LogP contribution is 2.16. The fourth-order valence-electron chi connectivity index (χ4n) is 2.47. The highest BCUT2D eigenvalue weighted by atomic mass is 32.2. The maximum Gasteiger partial charge on any atom is 0.261 e. The molecule has 0 fully saturated rings. The lowest BCUT2D eigenvalue weighted by Crippen LogP contribution is -2.23. The van der Waals surface area contributed by atoms with E-state index in [0.717, 1.165) is 11.4 Å². The van der Waals surface area contributed by atoms with E-state index >= 15 is 0 Å². The minimum absolute atomic E-state index is 0.178. The van der Waals surface area contributed by atoms with E-state index in [9.17, 15) is 13.2 Å². The quantitative estimate of drug-likeness (QED) is 0.687. The maximum atomic E-state index is 12.3. The molecular formula is C20H19N3O3S. The number of aryl methyl sites for hydroxylation is 1. The molecular weight excluding hydrogens is 362 g/mol. The highest BCUT2D eigenvalue weighted by Gasteiger charge is 2.14. The van der Waals surface area contributed by atoms with Gasteiger partial charge in [0.15, 0.2) is 0 Å². The first kappa shape index (κ1) is 18.6. The number of carbonyl (C=O) groups is 1. The lowest BCUT2D eigenvalue weighted by Gasteiger charge is -2.09. The van der Waals surface area contributed by atoms with E-state index in [1.165, 1.54) is 12.1 Å². The molecule has 1 amide bonds. The lowest BCUT2D eigenvalue weighted by atomic mass is 10.2. The van der Waals surface area contributed by atoms with Gasteiger partial charge in [-0.1, -0.05) is 24.3 Å². The van der Waals surface area contributed by atoms with Crippen LogP contribution in [0.2, 0.25) is 0 Å². The Hall–Kier alpha value is -3.19. The molecule has 0 radical (unpaired) electrons.